The lowest BCUT2D eigenvalue weighted by molar-refractivity contribution is 0.508. The summed E-state index contributed by atoms with van der Waals surface area (Å²) in [6, 6.07) is 13.2. The van der Waals surface area contributed by atoms with Crippen molar-refractivity contribution in [2.45, 2.75) is 52.5 Å². The number of thiophene rings is 1. The minimum Gasteiger partial charge on any atom is -0.356 e. The van der Waals surface area contributed by atoms with Gasteiger partial charge in [-0.25, -0.2) is 4.99 Å². The highest BCUT2D eigenvalue weighted by atomic mass is 32.1. The highest BCUT2D eigenvalue weighted by Crippen LogP contribution is 2.22. The molecule has 6 nitrogen and oxygen atoms in total. The normalized spacial score (nSPS) is 12.2. The average molecular weight is 439 g/mol. The summed E-state index contributed by atoms with van der Waals surface area (Å²) in [5.41, 5.74) is 2.66. The quantitative estimate of drug-likeness (QED) is 0.391. The smallest absolute Gasteiger partial charge is 0.191 e. The van der Waals surface area contributed by atoms with Crippen LogP contribution in [0.2, 0.25) is 0 Å². The van der Waals surface area contributed by atoms with Crippen molar-refractivity contribution < 1.29 is 0 Å². The zero-order chi connectivity index (χ0) is 22.3. The van der Waals surface area contributed by atoms with Gasteiger partial charge in [0.15, 0.2) is 11.8 Å². The van der Waals surface area contributed by atoms with E-state index in [1.165, 1.54) is 16.0 Å². The van der Waals surface area contributed by atoms with Crippen LogP contribution in [0.3, 0.4) is 0 Å². The largest absolute Gasteiger partial charge is 0.356 e. The molecule has 0 saturated carbocycles. The predicted octanol–water partition coefficient (Wildman–Crippen LogP) is 4.00. The van der Waals surface area contributed by atoms with Crippen LogP contribution in [-0.4, -0.2) is 33.8 Å². The third-order valence-electron chi connectivity index (χ3n) is 5.65. The highest BCUT2D eigenvalue weighted by Gasteiger charge is 2.21. The predicted molar refractivity (Wildman–Crippen MR) is 130 cm³/mol. The maximum atomic E-state index is 4.79. The number of hydrogen-bond acceptors (Lipinski definition) is 4. The van der Waals surface area contributed by atoms with Crippen molar-refractivity contribution in [2.24, 2.45) is 12.0 Å². The Labute approximate surface area is 189 Å². The van der Waals surface area contributed by atoms with E-state index < -0.39 is 0 Å². The van der Waals surface area contributed by atoms with E-state index in [4.69, 9.17) is 4.99 Å². The van der Waals surface area contributed by atoms with Gasteiger partial charge in [0, 0.05) is 30.4 Å². The molecule has 0 radical (unpaired) electrons. The number of hydrogen-bond donors (Lipinski definition) is 2. The van der Waals surface area contributed by atoms with Crippen molar-refractivity contribution in [3.8, 4) is 0 Å². The minimum atomic E-state index is -0.0240. The van der Waals surface area contributed by atoms with Crippen molar-refractivity contribution >= 4 is 17.3 Å². The molecule has 0 aliphatic rings. The summed E-state index contributed by atoms with van der Waals surface area (Å²) in [7, 11) is 1.97. The molecule has 0 spiro atoms. The molecule has 0 amide bonds. The second kappa shape index (κ2) is 10.6. The first-order valence-corrected chi connectivity index (χ1v) is 11.8. The third kappa shape index (κ3) is 6.40. The van der Waals surface area contributed by atoms with Gasteiger partial charge in [-0.1, -0.05) is 51.1 Å². The van der Waals surface area contributed by atoms with Crippen molar-refractivity contribution in [3.05, 3.63) is 69.4 Å². The highest BCUT2D eigenvalue weighted by molar-refractivity contribution is 7.09. The number of aromatic nitrogens is 3. The summed E-state index contributed by atoms with van der Waals surface area (Å²) in [4.78, 5) is 6.15. The fraction of sp³-hybridized carbons (Fsp3) is 0.458. The topological polar surface area (TPSA) is 67.1 Å². The Morgan fingerprint density at radius 2 is 1.90 bits per heavy atom. The van der Waals surface area contributed by atoms with Crippen LogP contribution < -0.4 is 10.6 Å². The van der Waals surface area contributed by atoms with Crippen LogP contribution in [0.4, 0.5) is 0 Å². The molecule has 2 aromatic heterocycles. The Bertz CT molecular complexity index is 970. The van der Waals surface area contributed by atoms with Gasteiger partial charge in [-0.15, -0.1) is 21.5 Å². The van der Waals surface area contributed by atoms with Gasteiger partial charge in [-0.2, -0.15) is 0 Å². The third-order valence-corrected chi connectivity index (χ3v) is 6.58. The maximum absolute atomic E-state index is 4.79. The molecule has 2 N–H and O–H groups in total. The van der Waals surface area contributed by atoms with Crippen LogP contribution in [0, 0.1) is 6.92 Å². The van der Waals surface area contributed by atoms with E-state index in [1.807, 2.05) is 18.5 Å². The van der Waals surface area contributed by atoms with Crippen molar-refractivity contribution in [2.75, 3.05) is 13.1 Å². The summed E-state index contributed by atoms with van der Waals surface area (Å²) < 4.78 is 1.98. The summed E-state index contributed by atoms with van der Waals surface area (Å²) in [6.07, 6.45) is 2.04. The van der Waals surface area contributed by atoms with Crippen LogP contribution >= 0.6 is 11.3 Å². The standard InChI is InChI=1S/C24H34N6S/c1-6-19-9-11-20(12-10-19)24(3,4)17-27-23(25-14-13-21-8-7-15-31-21)26-16-22-29-28-18(2)30(22)5/h7-12,15H,6,13-14,16-17H2,1-5H3,(H2,25,26,27). The SMILES string of the molecule is CCc1ccc(C(C)(C)CNC(=NCc2nnc(C)n2C)NCCc2cccs2)cc1. The molecule has 0 fully saturated rings. The van der Waals surface area contributed by atoms with Crippen LogP contribution in [0.15, 0.2) is 46.8 Å². The first-order chi connectivity index (χ1) is 14.9. The molecule has 0 bridgehead atoms. The molecular formula is C24H34N6S. The Morgan fingerprint density at radius 3 is 2.52 bits per heavy atom. The molecular weight excluding hydrogens is 404 g/mol. The van der Waals surface area contributed by atoms with E-state index in [0.717, 1.165) is 43.5 Å². The first kappa shape index (κ1) is 23.0. The van der Waals surface area contributed by atoms with E-state index in [2.05, 4.69) is 83.4 Å². The summed E-state index contributed by atoms with van der Waals surface area (Å²) in [5.74, 6) is 2.55. The Balaban J connectivity index is 1.66. The van der Waals surface area contributed by atoms with Gasteiger partial charge in [0.1, 0.15) is 12.4 Å². The molecule has 1 aromatic carbocycles. The van der Waals surface area contributed by atoms with Crippen LogP contribution in [0.1, 0.15) is 48.4 Å². The van der Waals surface area contributed by atoms with Crippen molar-refractivity contribution in [1.29, 1.82) is 0 Å². The number of guanidine groups is 1. The van der Waals surface area contributed by atoms with Gasteiger partial charge in [-0.05, 0) is 42.3 Å². The average Bonchev–Trinajstić information content (AvgIpc) is 3.40. The van der Waals surface area contributed by atoms with E-state index in [0.29, 0.717) is 6.54 Å². The zero-order valence-electron chi connectivity index (χ0n) is 19.3. The van der Waals surface area contributed by atoms with E-state index in [9.17, 15) is 0 Å². The monoisotopic (exact) mass is 438 g/mol. The lowest BCUT2D eigenvalue weighted by Gasteiger charge is -2.27. The first-order valence-electron chi connectivity index (χ1n) is 10.9. The number of aryl methyl sites for hydroxylation is 2. The van der Waals surface area contributed by atoms with Gasteiger partial charge in [0.2, 0.25) is 0 Å². The molecule has 2 heterocycles. The molecule has 0 aliphatic heterocycles. The van der Waals surface area contributed by atoms with Crippen LogP contribution in [-0.2, 0) is 31.8 Å². The van der Waals surface area contributed by atoms with E-state index in [1.54, 1.807) is 11.3 Å². The van der Waals surface area contributed by atoms with Crippen LogP contribution in [0.25, 0.3) is 0 Å². The Hall–Kier alpha value is -2.67. The second-order valence-corrected chi connectivity index (χ2v) is 9.46. The summed E-state index contributed by atoms with van der Waals surface area (Å²) >= 11 is 1.79. The molecule has 0 unspecified atom stereocenters. The Morgan fingerprint density at radius 1 is 1.13 bits per heavy atom. The number of aliphatic imine (C=N–C) groups is 1. The molecule has 7 heteroatoms. The fourth-order valence-electron chi connectivity index (χ4n) is 3.27. The van der Waals surface area contributed by atoms with Crippen molar-refractivity contribution in [1.82, 2.24) is 25.4 Å². The maximum Gasteiger partial charge on any atom is 0.191 e. The summed E-state index contributed by atoms with van der Waals surface area (Å²) in [5, 5.41) is 17.5. The molecule has 0 saturated heterocycles. The molecule has 3 aromatic rings. The lowest BCUT2D eigenvalue weighted by Crippen LogP contribution is -2.44. The molecule has 0 aliphatic carbocycles. The number of benzene rings is 1. The lowest BCUT2D eigenvalue weighted by atomic mass is 9.84. The molecule has 0 atom stereocenters. The van der Waals surface area contributed by atoms with Gasteiger partial charge in [-0.3, -0.25) is 0 Å². The number of nitrogens with one attached hydrogen (secondary N) is 2. The second-order valence-electron chi connectivity index (χ2n) is 8.43. The van der Waals surface area contributed by atoms with Gasteiger partial charge in [0.05, 0.1) is 0 Å². The fourth-order valence-corrected chi connectivity index (χ4v) is 3.98. The van der Waals surface area contributed by atoms with Crippen molar-refractivity contribution in [3.63, 3.8) is 0 Å². The number of nitrogens with zero attached hydrogens (tertiary/aromatic N) is 4. The number of rotatable bonds is 9. The molecule has 166 valence electrons. The van der Waals surface area contributed by atoms with Gasteiger partial charge in [0.25, 0.3) is 0 Å². The molecule has 31 heavy (non-hydrogen) atoms. The van der Waals surface area contributed by atoms with E-state index in [-0.39, 0.29) is 5.41 Å². The summed E-state index contributed by atoms with van der Waals surface area (Å²) in [6.45, 7) is 10.7. The Kier molecular flexibility index (Phi) is 7.85. The zero-order valence-corrected chi connectivity index (χ0v) is 20.1. The van der Waals surface area contributed by atoms with Gasteiger partial charge < -0.3 is 15.2 Å². The van der Waals surface area contributed by atoms with Crippen LogP contribution in [0.5, 0.6) is 0 Å². The molecule has 3 rings (SSSR count). The minimum absolute atomic E-state index is 0.0240. The van der Waals surface area contributed by atoms with Gasteiger partial charge >= 0.3 is 0 Å². The van der Waals surface area contributed by atoms with E-state index >= 15 is 0 Å².